The molecule has 0 amide bonds. The molecule has 3 aliphatic heterocycles. The van der Waals surface area contributed by atoms with Crippen molar-refractivity contribution in [2.75, 3.05) is 47.8 Å². The van der Waals surface area contributed by atoms with Gasteiger partial charge in [-0.05, 0) is 18.9 Å². The van der Waals surface area contributed by atoms with Crippen LogP contribution in [0, 0.1) is 0 Å². The Bertz CT molecular complexity index is 343. The molecule has 150 valence electrons. The van der Waals surface area contributed by atoms with E-state index in [1.807, 2.05) is 0 Å². The van der Waals surface area contributed by atoms with Crippen molar-refractivity contribution in [2.45, 2.75) is 62.5 Å². The van der Waals surface area contributed by atoms with Crippen LogP contribution in [0.15, 0.2) is 0 Å². The van der Waals surface area contributed by atoms with E-state index in [9.17, 15) is 0 Å². The maximum Gasteiger partial charge on any atom is 0.370 e. The zero-order valence-electron chi connectivity index (χ0n) is 16.2. The topological polar surface area (TPSA) is 93.5 Å². The van der Waals surface area contributed by atoms with Gasteiger partial charge in [-0.15, -0.1) is 0 Å². The largest absolute Gasteiger partial charge is 0.412 e. The van der Waals surface area contributed by atoms with Crippen LogP contribution < -0.4 is 0 Å². The van der Waals surface area contributed by atoms with Crippen molar-refractivity contribution in [2.24, 2.45) is 0 Å². The highest BCUT2D eigenvalue weighted by Gasteiger charge is 2.58. The number of rotatable bonds is 9. The van der Waals surface area contributed by atoms with Gasteiger partial charge in [0.15, 0.2) is 0 Å². The first-order valence-electron chi connectivity index (χ1n) is 9.11. The molecule has 0 aromatic heterocycles. The van der Waals surface area contributed by atoms with Gasteiger partial charge in [-0.3, -0.25) is 0 Å². The molecule has 3 atom stereocenters. The molecule has 0 aromatic rings. The van der Waals surface area contributed by atoms with Gasteiger partial charge in [0.05, 0.1) is 26.4 Å². The number of ether oxygens (including phenoxy) is 4. The van der Waals surface area contributed by atoms with Gasteiger partial charge in [-0.1, -0.05) is 26.2 Å². The molecule has 3 heterocycles. The van der Waals surface area contributed by atoms with E-state index in [1.165, 1.54) is 12.8 Å². The Hall–Kier alpha value is -0.0631. The van der Waals surface area contributed by atoms with E-state index in [1.54, 1.807) is 21.3 Å². The third-order valence-corrected chi connectivity index (χ3v) is 9.57. The Kier molecular flexibility index (Phi) is 10.0. The van der Waals surface area contributed by atoms with Gasteiger partial charge in [0, 0.05) is 21.3 Å². The molecule has 2 N–H and O–H groups in total. The van der Waals surface area contributed by atoms with Gasteiger partial charge in [-0.2, -0.15) is 0 Å². The molecule has 0 bridgehead atoms. The summed E-state index contributed by atoms with van der Waals surface area (Å²) in [6.07, 6.45) is 6.49. The van der Waals surface area contributed by atoms with Crippen molar-refractivity contribution >= 4 is 8.56 Å². The first kappa shape index (κ1) is 23.0. The van der Waals surface area contributed by atoms with Crippen molar-refractivity contribution in [1.29, 1.82) is 0 Å². The van der Waals surface area contributed by atoms with Gasteiger partial charge >= 0.3 is 8.56 Å². The van der Waals surface area contributed by atoms with Crippen molar-refractivity contribution in [1.82, 2.24) is 0 Å². The van der Waals surface area contributed by atoms with Gasteiger partial charge < -0.3 is 33.3 Å². The Morgan fingerprint density at radius 3 is 1.96 bits per heavy atom. The Morgan fingerprint density at radius 2 is 1.56 bits per heavy atom. The predicted molar refractivity (Wildman–Crippen MR) is 97.0 cm³/mol. The van der Waals surface area contributed by atoms with Crippen LogP contribution in [0.4, 0.5) is 0 Å². The Balaban J connectivity index is 0.000000266. The standard InChI is InChI=1S/C11H24O3Si.C6H10O3.H2O/c1-5-8-11(12-2)9-6-7-10-15(11,13-3)14-4;1(5-3-8-5)7-2-6-4-9-6;/h5-10H2,1-4H3;5-6H,1-4H2;1H2. The molecule has 3 aliphatic rings. The molecule has 8 heteroatoms. The van der Waals surface area contributed by atoms with Crippen molar-refractivity contribution in [3.05, 3.63) is 0 Å². The van der Waals surface area contributed by atoms with E-state index in [2.05, 4.69) is 6.92 Å². The fraction of sp³-hybridized carbons (Fsp3) is 1.00. The molecule has 3 saturated heterocycles. The van der Waals surface area contributed by atoms with E-state index >= 15 is 0 Å². The van der Waals surface area contributed by atoms with Crippen molar-refractivity contribution in [3.63, 3.8) is 0 Å². The number of hydrogen-bond acceptors (Lipinski definition) is 6. The summed E-state index contributed by atoms with van der Waals surface area (Å²) in [6, 6.07) is 1.06. The van der Waals surface area contributed by atoms with Crippen LogP contribution in [0.5, 0.6) is 0 Å². The minimum atomic E-state index is -2.15. The molecular weight excluding hydrogens is 344 g/mol. The first-order chi connectivity index (χ1) is 11.6. The molecule has 7 nitrogen and oxygen atoms in total. The quantitative estimate of drug-likeness (QED) is 0.445. The third-order valence-electron chi connectivity index (χ3n) is 5.15. The molecule has 0 saturated carbocycles. The van der Waals surface area contributed by atoms with Crippen LogP contribution in [-0.2, 0) is 27.8 Å². The van der Waals surface area contributed by atoms with E-state index in [0.717, 1.165) is 51.7 Å². The maximum absolute atomic E-state index is 5.83. The summed E-state index contributed by atoms with van der Waals surface area (Å²) in [4.78, 5) is 0. The molecule has 3 rings (SSSR count). The van der Waals surface area contributed by atoms with Crippen LogP contribution in [0.3, 0.4) is 0 Å². The molecule has 3 unspecified atom stereocenters. The summed E-state index contributed by atoms with van der Waals surface area (Å²) < 4.78 is 32.5. The lowest BCUT2D eigenvalue weighted by Crippen LogP contribution is -2.64. The third kappa shape index (κ3) is 6.25. The zero-order chi connectivity index (χ0) is 17.5. The molecule has 0 aliphatic carbocycles. The fourth-order valence-corrected chi connectivity index (χ4v) is 7.57. The average molecular weight is 381 g/mol. The van der Waals surface area contributed by atoms with Crippen molar-refractivity contribution in [3.8, 4) is 0 Å². The molecule has 25 heavy (non-hydrogen) atoms. The van der Waals surface area contributed by atoms with Gasteiger partial charge in [0.1, 0.15) is 17.4 Å². The van der Waals surface area contributed by atoms with Crippen LogP contribution in [0.25, 0.3) is 0 Å². The lowest BCUT2D eigenvalue weighted by atomic mass is 10.1. The van der Waals surface area contributed by atoms with E-state index in [4.69, 9.17) is 27.8 Å². The van der Waals surface area contributed by atoms with E-state index in [0.29, 0.717) is 12.2 Å². The molecule has 0 radical (unpaired) electrons. The maximum atomic E-state index is 5.83. The minimum absolute atomic E-state index is 0. The SMILES string of the molecule is C(OCC1CO1)C1CO1.CCCC1(OC)CCCC[Si]1(OC)OC.O. The van der Waals surface area contributed by atoms with Gasteiger partial charge in [0.25, 0.3) is 0 Å². The van der Waals surface area contributed by atoms with Gasteiger partial charge in [-0.25, -0.2) is 0 Å². The highest BCUT2D eigenvalue weighted by Crippen LogP contribution is 2.42. The first-order valence-corrected chi connectivity index (χ1v) is 11.1. The highest BCUT2D eigenvalue weighted by molar-refractivity contribution is 6.70. The summed E-state index contributed by atoms with van der Waals surface area (Å²) in [5, 5.41) is -0.122. The minimum Gasteiger partial charge on any atom is -0.412 e. The summed E-state index contributed by atoms with van der Waals surface area (Å²) in [7, 11) is 3.22. The number of hydrogen-bond donors (Lipinski definition) is 0. The van der Waals surface area contributed by atoms with Crippen LogP contribution in [-0.4, -0.2) is 79.2 Å². The average Bonchev–Trinajstić information content (AvgIpc) is 3.52. The second-order valence-electron chi connectivity index (χ2n) is 6.76. The van der Waals surface area contributed by atoms with Crippen LogP contribution >= 0.6 is 0 Å². The highest BCUT2D eigenvalue weighted by atomic mass is 28.4. The lowest BCUT2D eigenvalue weighted by Gasteiger charge is -2.47. The number of epoxide rings is 2. The normalized spacial score (nSPS) is 32.2. The summed E-state index contributed by atoms with van der Waals surface area (Å²) in [5.74, 6) is 0. The Morgan fingerprint density at radius 1 is 1.00 bits per heavy atom. The summed E-state index contributed by atoms with van der Waals surface area (Å²) >= 11 is 0. The molecule has 0 aromatic carbocycles. The number of methoxy groups -OCH3 is 1. The lowest BCUT2D eigenvalue weighted by molar-refractivity contribution is -0.0149. The fourth-order valence-electron chi connectivity index (χ4n) is 3.58. The van der Waals surface area contributed by atoms with Crippen LogP contribution in [0.1, 0.15) is 39.0 Å². The van der Waals surface area contributed by atoms with E-state index < -0.39 is 8.56 Å². The predicted octanol–water partition coefficient (Wildman–Crippen LogP) is 1.61. The summed E-state index contributed by atoms with van der Waals surface area (Å²) in [6.45, 7) is 5.45. The van der Waals surface area contributed by atoms with Gasteiger partial charge in [0.2, 0.25) is 0 Å². The van der Waals surface area contributed by atoms with Crippen molar-refractivity contribution < 1.29 is 33.3 Å². The van der Waals surface area contributed by atoms with E-state index in [-0.39, 0.29) is 10.7 Å². The molecule has 0 spiro atoms. The monoisotopic (exact) mass is 380 g/mol. The second kappa shape index (κ2) is 10.9. The zero-order valence-corrected chi connectivity index (χ0v) is 17.2. The smallest absolute Gasteiger partial charge is 0.370 e. The Labute approximate surface area is 152 Å². The second-order valence-corrected chi connectivity index (χ2v) is 10.5. The molecular formula is C17H36O7Si. The van der Waals surface area contributed by atoms with Crippen LogP contribution in [0.2, 0.25) is 6.04 Å². The summed E-state index contributed by atoms with van der Waals surface area (Å²) in [5.41, 5.74) is 0. The molecule has 3 fully saturated rings.